The first kappa shape index (κ1) is 13.4. The molecule has 0 N–H and O–H groups in total. The highest BCUT2D eigenvalue weighted by molar-refractivity contribution is 5.04. The van der Waals surface area contributed by atoms with E-state index in [1.54, 1.807) is 0 Å². The minimum Gasteiger partial charge on any atom is -0.302 e. The molecule has 0 aromatic rings. The summed E-state index contributed by atoms with van der Waals surface area (Å²) in [5.41, 5.74) is 1.44. The largest absolute Gasteiger partial charge is 0.302 e. The van der Waals surface area contributed by atoms with E-state index in [1.165, 1.54) is 39.1 Å². The molecule has 0 bridgehead atoms. The average molecular weight is 238 g/mol. The Balaban J connectivity index is 1.84. The van der Waals surface area contributed by atoms with Gasteiger partial charge in [-0.25, -0.2) is 0 Å². The Hall–Kier alpha value is -0.0800. The molecular formula is C15H30N2. The molecule has 0 aromatic carbocycles. The van der Waals surface area contributed by atoms with Crippen LogP contribution in [0.2, 0.25) is 0 Å². The number of nitrogens with zero attached hydrogens (tertiary/aromatic N) is 2. The molecule has 0 saturated carbocycles. The van der Waals surface area contributed by atoms with Crippen molar-refractivity contribution in [2.24, 2.45) is 10.8 Å². The quantitative estimate of drug-likeness (QED) is 0.693. The molecule has 1 spiro atoms. The van der Waals surface area contributed by atoms with Gasteiger partial charge in [-0.1, -0.05) is 20.8 Å². The zero-order chi connectivity index (χ0) is 12.9. The molecule has 2 heterocycles. The molecule has 100 valence electrons. The summed E-state index contributed by atoms with van der Waals surface area (Å²) in [5, 5.41) is 0. The highest BCUT2D eigenvalue weighted by atomic mass is 15.3. The number of hydrogen-bond acceptors (Lipinski definition) is 2. The molecule has 0 unspecified atom stereocenters. The van der Waals surface area contributed by atoms with E-state index in [0.29, 0.717) is 16.4 Å². The van der Waals surface area contributed by atoms with E-state index in [4.69, 9.17) is 0 Å². The smallest absolute Gasteiger partial charge is 0.0125 e. The number of rotatable bonds is 1. The Morgan fingerprint density at radius 2 is 1.53 bits per heavy atom. The van der Waals surface area contributed by atoms with Crippen molar-refractivity contribution in [3.63, 3.8) is 0 Å². The fourth-order valence-corrected chi connectivity index (χ4v) is 3.33. The topological polar surface area (TPSA) is 6.48 Å². The Morgan fingerprint density at radius 1 is 0.941 bits per heavy atom. The van der Waals surface area contributed by atoms with Crippen LogP contribution in [0.4, 0.5) is 0 Å². The summed E-state index contributed by atoms with van der Waals surface area (Å²) in [5.74, 6) is 0. The van der Waals surface area contributed by atoms with Gasteiger partial charge in [0.1, 0.15) is 0 Å². The van der Waals surface area contributed by atoms with E-state index in [-0.39, 0.29) is 0 Å². The molecule has 0 aliphatic carbocycles. The molecule has 2 heteroatoms. The van der Waals surface area contributed by atoms with Crippen molar-refractivity contribution in [1.29, 1.82) is 0 Å². The fraction of sp³-hybridized carbons (Fsp3) is 1.00. The van der Waals surface area contributed by atoms with Crippen LogP contribution in [0.1, 0.15) is 48.0 Å². The fourth-order valence-electron chi connectivity index (χ4n) is 3.33. The van der Waals surface area contributed by atoms with E-state index < -0.39 is 0 Å². The summed E-state index contributed by atoms with van der Waals surface area (Å²) >= 11 is 0. The Bertz CT molecular complexity index is 276. The van der Waals surface area contributed by atoms with Crippen LogP contribution in [-0.4, -0.2) is 48.1 Å². The van der Waals surface area contributed by atoms with Crippen LogP contribution in [0.25, 0.3) is 0 Å². The Kier molecular flexibility index (Phi) is 3.11. The van der Waals surface area contributed by atoms with Crippen LogP contribution in [0.5, 0.6) is 0 Å². The van der Waals surface area contributed by atoms with Crippen LogP contribution in [0.15, 0.2) is 0 Å². The van der Waals surface area contributed by atoms with E-state index in [2.05, 4.69) is 51.3 Å². The highest BCUT2D eigenvalue weighted by Gasteiger charge is 2.50. The summed E-state index contributed by atoms with van der Waals surface area (Å²) in [6.45, 7) is 20.6. The minimum atomic E-state index is 0.364. The number of likely N-dealkylation sites (tertiary alicyclic amines) is 2. The Morgan fingerprint density at radius 3 is 2.00 bits per heavy atom. The molecule has 2 aliphatic rings. The van der Waals surface area contributed by atoms with E-state index in [9.17, 15) is 0 Å². The van der Waals surface area contributed by atoms with Gasteiger partial charge in [0.25, 0.3) is 0 Å². The van der Waals surface area contributed by atoms with Crippen molar-refractivity contribution in [2.75, 3.05) is 32.7 Å². The van der Waals surface area contributed by atoms with Gasteiger partial charge in [0.05, 0.1) is 0 Å². The van der Waals surface area contributed by atoms with Crippen molar-refractivity contribution in [1.82, 2.24) is 9.80 Å². The van der Waals surface area contributed by atoms with Crippen molar-refractivity contribution in [3.05, 3.63) is 0 Å². The molecule has 0 atom stereocenters. The summed E-state index contributed by atoms with van der Waals surface area (Å²) in [7, 11) is 0. The monoisotopic (exact) mass is 238 g/mol. The maximum Gasteiger partial charge on any atom is 0.0125 e. The molecule has 17 heavy (non-hydrogen) atoms. The van der Waals surface area contributed by atoms with Gasteiger partial charge in [0.15, 0.2) is 0 Å². The average Bonchev–Trinajstić information content (AvgIpc) is 2.40. The van der Waals surface area contributed by atoms with Gasteiger partial charge >= 0.3 is 0 Å². The lowest BCUT2D eigenvalue weighted by Crippen LogP contribution is -2.63. The predicted molar refractivity (Wildman–Crippen MR) is 74.3 cm³/mol. The van der Waals surface area contributed by atoms with Gasteiger partial charge < -0.3 is 4.90 Å². The lowest BCUT2D eigenvalue weighted by molar-refractivity contribution is -0.0530. The van der Waals surface area contributed by atoms with E-state index >= 15 is 0 Å². The molecule has 2 fully saturated rings. The van der Waals surface area contributed by atoms with E-state index in [1.807, 2.05) is 0 Å². The number of hydrogen-bond donors (Lipinski definition) is 0. The maximum atomic E-state index is 2.68. The van der Waals surface area contributed by atoms with Crippen LogP contribution in [0.3, 0.4) is 0 Å². The summed E-state index contributed by atoms with van der Waals surface area (Å²) in [4.78, 5) is 5.31. The van der Waals surface area contributed by atoms with Crippen LogP contribution < -0.4 is 0 Å². The zero-order valence-electron chi connectivity index (χ0n) is 12.6. The van der Waals surface area contributed by atoms with Gasteiger partial charge in [0.2, 0.25) is 0 Å². The molecule has 0 radical (unpaired) electrons. The van der Waals surface area contributed by atoms with Crippen LogP contribution >= 0.6 is 0 Å². The molecule has 2 rings (SSSR count). The summed E-state index contributed by atoms with van der Waals surface area (Å²) < 4.78 is 0. The van der Waals surface area contributed by atoms with Crippen molar-refractivity contribution in [2.45, 2.75) is 53.5 Å². The molecule has 0 amide bonds. The first-order valence-electron chi connectivity index (χ1n) is 7.07. The standard InChI is InChI=1S/C15H30N2/c1-13(2,3)9-16-8-7-15(10-16)11-17(12-15)14(4,5)6/h7-12H2,1-6H3. The molecule has 0 aromatic heterocycles. The third-order valence-electron chi connectivity index (χ3n) is 4.22. The molecule has 2 nitrogen and oxygen atoms in total. The van der Waals surface area contributed by atoms with Gasteiger partial charge in [-0.2, -0.15) is 0 Å². The zero-order valence-corrected chi connectivity index (χ0v) is 12.6. The Labute approximate surface area is 107 Å². The second kappa shape index (κ2) is 3.96. The van der Waals surface area contributed by atoms with Gasteiger partial charge in [-0.3, -0.25) is 4.90 Å². The first-order chi connectivity index (χ1) is 7.60. The van der Waals surface area contributed by atoms with Gasteiger partial charge in [-0.15, -0.1) is 0 Å². The second-order valence-corrected chi connectivity index (χ2v) is 8.55. The maximum absolute atomic E-state index is 2.68. The summed E-state index contributed by atoms with van der Waals surface area (Å²) in [6, 6.07) is 0. The van der Waals surface area contributed by atoms with Crippen molar-refractivity contribution < 1.29 is 0 Å². The summed E-state index contributed by atoms with van der Waals surface area (Å²) in [6.07, 6.45) is 1.41. The third kappa shape index (κ3) is 3.03. The normalized spacial score (nSPS) is 26.5. The van der Waals surface area contributed by atoms with E-state index in [0.717, 1.165) is 0 Å². The minimum absolute atomic E-state index is 0.364. The molecule has 2 aliphatic heterocycles. The molecular weight excluding hydrogens is 208 g/mol. The van der Waals surface area contributed by atoms with Crippen molar-refractivity contribution in [3.8, 4) is 0 Å². The third-order valence-corrected chi connectivity index (χ3v) is 4.22. The lowest BCUT2D eigenvalue weighted by atomic mass is 9.76. The van der Waals surface area contributed by atoms with Crippen LogP contribution in [-0.2, 0) is 0 Å². The first-order valence-corrected chi connectivity index (χ1v) is 7.07. The molecule has 2 saturated heterocycles. The lowest BCUT2D eigenvalue weighted by Gasteiger charge is -2.54. The highest BCUT2D eigenvalue weighted by Crippen LogP contribution is 2.43. The van der Waals surface area contributed by atoms with Gasteiger partial charge in [0, 0.05) is 37.1 Å². The van der Waals surface area contributed by atoms with Crippen molar-refractivity contribution >= 4 is 0 Å². The van der Waals surface area contributed by atoms with Crippen LogP contribution in [0, 0.1) is 10.8 Å². The van der Waals surface area contributed by atoms with Gasteiger partial charge in [-0.05, 0) is 39.2 Å². The predicted octanol–water partition coefficient (Wildman–Crippen LogP) is 2.84. The second-order valence-electron chi connectivity index (χ2n) is 8.55. The SMILES string of the molecule is CC(C)(C)CN1CCC2(C1)CN(C(C)(C)C)C2.